The summed E-state index contributed by atoms with van der Waals surface area (Å²) >= 11 is 0. The van der Waals surface area contributed by atoms with E-state index in [1.807, 2.05) is 6.92 Å². The SMILES string of the molecule is CN=C(NCC1(C2CC2)CC1)NC(C)c1ccc(F)c(F)c1.I. The fourth-order valence-corrected chi connectivity index (χ4v) is 3.11. The van der Waals surface area contributed by atoms with Crippen molar-refractivity contribution in [2.24, 2.45) is 16.3 Å². The zero-order chi connectivity index (χ0) is 15.7. The highest BCUT2D eigenvalue weighted by Gasteiger charge is 2.53. The first kappa shape index (κ1) is 18.4. The molecule has 0 aliphatic heterocycles. The molecule has 2 aliphatic carbocycles. The monoisotopic (exact) mass is 435 g/mol. The van der Waals surface area contributed by atoms with Crippen molar-refractivity contribution in [3.05, 3.63) is 35.4 Å². The summed E-state index contributed by atoms with van der Waals surface area (Å²) < 4.78 is 26.3. The van der Waals surface area contributed by atoms with Gasteiger partial charge in [-0.25, -0.2) is 8.78 Å². The van der Waals surface area contributed by atoms with Crippen molar-refractivity contribution >= 4 is 29.9 Å². The van der Waals surface area contributed by atoms with E-state index in [1.165, 1.54) is 31.7 Å². The van der Waals surface area contributed by atoms with Gasteiger partial charge in [-0.1, -0.05) is 6.07 Å². The number of nitrogens with one attached hydrogen (secondary N) is 2. The second kappa shape index (κ2) is 7.32. The fourth-order valence-electron chi connectivity index (χ4n) is 3.11. The molecule has 0 spiro atoms. The Hall–Kier alpha value is -0.920. The van der Waals surface area contributed by atoms with Gasteiger partial charge >= 0.3 is 0 Å². The van der Waals surface area contributed by atoms with Crippen LogP contribution in [0.25, 0.3) is 0 Å². The van der Waals surface area contributed by atoms with Gasteiger partial charge in [-0.05, 0) is 61.6 Å². The minimum absolute atomic E-state index is 0. The quantitative estimate of drug-likeness (QED) is 0.417. The summed E-state index contributed by atoms with van der Waals surface area (Å²) in [5.74, 6) is -0.0378. The first-order valence-electron chi connectivity index (χ1n) is 7.96. The molecule has 2 saturated carbocycles. The van der Waals surface area contributed by atoms with Crippen molar-refractivity contribution in [2.45, 2.75) is 38.6 Å². The number of rotatable bonds is 5. The highest BCUT2D eigenvalue weighted by Crippen LogP contribution is 2.60. The Kier molecular flexibility index (Phi) is 5.86. The number of benzene rings is 1. The Balaban J connectivity index is 0.00000192. The van der Waals surface area contributed by atoms with Crippen LogP contribution < -0.4 is 10.6 Å². The molecule has 0 radical (unpaired) electrons. The highest BCUT2D eigenvalue weighted by molar-refractivity contribution is 14.0. The van der Waals surface area contributed by atoms with E-state index in [0.717, 1.165) is 18.5 Å². The molecule has 2 fully saturated rings. The molecule has 0 amide bonds. The summed E-state index contributed by atoms with van der Waals surface area (Å²) in [4.78, 5) is 4.23. The van der Waals surface area contributed by atoms with Gasteiger partial charge in [-0.2, -0.15) is 0 Å². The zero-order valence-corrected chi connectivity index (χ0v) is 15.9. The number of aliphatic imine (C=N–C) groups is 1. The van der Waals surface area contributed by atoms with Gasteiger partial charge < -0.3 is 10.6 Å². The molecule has 128 valence electrons. The lowest BCUT2D eigenvalue weighted by Crippen LogP contribution is -2.41. The van der Waals surface area contributed by atoms with E-state index in [0.29, 0.717) is 16.9 Å². The normalized spacial score (nSPS) is 20.4. The van der Waals surface area contributed by atoms with Gasteiger partial charge in [0.25, 0.3) is 0 Å². The van der Waals surface area contributed by atoms with E-state index in [9.17, 15) is 8.78 Å². The molecule has 6 heteroatoms. The van der Waals surface area contributed by atoms with Crippen LogP contribution in [0.3, 0.4) is 0 Å². The second-order valence-electron chi connectivity index (χ2n) is 6.60. The summed E-state index contributed by atoms with van der Waals surface area (Å²) in [6.45, 7) is 2.86. The number of halogens is 3. The van der Waals surface area contributed by atoms with Crippen LogP contribution in [0.5, 0.6) is 0 Å². The van der Waals surface area contributed by atoms with Crippen LogP contribution in [0.1, 0.15) is 44.2 Å². The summed E-state index contributed by atoms with van der Waals surface area (Å²) in [7, 11) is 1.73. The van der Waals surface area contributed by atoms with Crippen LogP contribution >= 0.6 is 24.0 Å². The standard InChI is InChI=1S/C17H23F2N3.HI/c1-11(12-3-6-14(18)15(19)9-12)22-16(20-2)21-10-17(7-8-17)13-4-5-13;/h3,6,9,11,13H,4-5,7-8,10H2,1-2H3,(H2,20,21,22);1H. The van der Waals surface area contributed by atoms with Gasteiger partial charge in [-0.15, -0.1) is 24.0 Å². The fraction of sp³-hybridized carbons (Fsp3) is 0.588. The van der Waals surface area contributed by atoms with Crippen molar-refractivity contribution in [3.8, 4) is 0 Å². The molecule has 0 saturated heterocycles. The number of hydrogen-bond acceptors (Lipinski definition) is 1. The summed E-state index contributed by atoms with van der Waals surface area (Å²) in [5, 5.41) is 6.63. The third kappa shape index (κ3) is 4.33. The van der Waals surface area contributed by atoms with E-state index >= 15 is 0 Å². The minimum atomic E-state index is -0.821. The maximum Gasteiger partial charge on any atom is 0.191 e. The summed E-state index contributed by atoms with van der Waals surface area (Å²) in [6, 6.07) is 3.84. The van der Waals surface area contributed by atoms with Crippen LogP contribution in [0.15, 0.2) is 23.2 Å². The van der Waals surface area contributed by atoms with E-state index in [-0.39, 0.29) is 30.0 Å². The molecule has 1 aromatic rings. The van der Waals surface area contributed by atoms with Gasteiger partial charge in [-0.3, -0.25) is 4.99 Å². The van der Waals surface area contributed by atoms with Crippen molar-refractivity contribution in [1.82, 2.24) is 10.6 Å². The number of nitrogens with zero attached hydrogens (tertiary/aromatic N) is 1. The second-order valence-corrected chi connectivity index (χ2v) is 6.60. The van der Waals surface area contributed by atoms with Gasteiger partial charge in [0.2, 0.25) is 0 Å². The lowest BCUT2D eigenvalue weighted by molar-refractivity contribution is 0.430. The molecule has 3 rings (SSSR count). The molecule has 0 bridgehead atoms. The van der Waals surface area contributed by atoms with Crippen molar-refractivity contribution in [2.75, 3.05) is 13.6 Å². The van der Waals surface area contributed by atoms with Gasteiger partial charge in [0.05, 0.1) is 6.04 Å². The minimum Gasteiger partial charge on any atom is -0.356 e. The molecular formula is C17H24F2IN3. The lowest BCUT2D eigenvalue weighted by Gasteiger charge is -2.21. The number of guanidine groups is 1. The van der Waals surface area contributed by atoms with Crippen molar-refractivity contribution < 1.29 is 8.78 Å². The molecule has 23 heavy (non-hydrogen) atoms. The largest absolute Gasteiger partial charge is 0.356 e. The average Bonchev–Trinajstić information content (AvgIpc) is 3.38. The Labute approximate surface area is 153 Å². The van der Waals surface area contributed by atoms with Crippen LogP contribution in [-0.2, 0) is 0 Å². The maximum atomic E-state index is 13.3. The molecule has 0 aromatic heterocycles. The van der Waals surface area contributed by atoms with Crippen molar-refractivity contribution in [3.63, 3.8) is 0 Å². The highest BCUT2D eigenvalue weighted by atomic mass is 127. The molecule has 1 unspecified atom stereocenters. The molecule has 2 aliphatic rings. The van der Waals surface area contributed by atoms with Crippen LogP contribution in [0.4, 0.5) is 8.78 Å². The Bertz CT molecular complexity index is 583. The average molecular weight is 435 g/mol. The van der Waals surface area contributed by atoms with Crippen LogP contribution in [-0.4, -0.2) is 19.6 Å². The van der Waals surface area contributed by atoms with E-state index < -0.39 is 11.6 Å². The maximum absolute atomic E-state index is 13.3. The Morgan fingerprint density at radius 2 is 2.00 bits per heavy atom. The predicted octanol–water partition coefficient (Wildman–Crippen LogP) is 4.00. The smallest absolute Gasteiger partial charge is 0.191 e. The Morgan fingerprint density at radius 3 is 2.52 bits per heavy atom. The van der Waals surface area contributed by atoms with Crippen molar-refractivity contribution in [1.29, 1.82) is 0 Å². The first-order valence-corrected chi connectivity index (χ1v) is 7.96. The molecule has 3 nitrogen and oxygen atoms in total. The van der Waals surface area contributed by atoms with Gasteiger partial charge in [0.15, 0.2) is 17.6 Å². The summed E-state index contributed by atoms with van der Waals surface area (Å²) in [5.41, 5.74) is 1.19. The lowest BCUT2D eigenvalue weighted by atomic mass is 10.0. The molecule has 1 aromatic carbocycles. The third-order valence-electron chi connectivity index (χ3n) is 4.96. The number of hydrogen-bond donors (Lipinski definition) is 2. The van der Waals surface area contributed by atoms with E-state index in [4.69, 9.17) is 0 Å². The predicted molar refractivity (Wildman–Crippen MR) is 99.1 cm³/mol. The van der Waals surface area contributed by atoms with E-state index in [2.05, 4.69) is 15.6 Å². The topological polar surface area (TPSA) is 36.4 Å². The zero-order valence-electron chi connectivity index (χ0n) is 13.5. The molecular weight excluding hydrogens is 411 g/mol. The third-order valence-corrected chi connectivity index (χ3v) is 4.96. The van der Waals surface area contributed by atoms with Crippen LogP contribution in [0, 0.1) is 23.0 Å². The molecule has 2 N–H and O–H groups in total. The molecule has 0 heterocycles. The van der Waals surface area contributed by atoms with E-state index in [1.54, 1.807) is 13.1 Å². The molecule has 1 atom stereocenters. The summed E-state index contributed by atoms with van der Waals surface area (Å²) in [6.07, 6.45) is 5.33. The van der Waals surface area contributed by atoms with Gasteiger partial charge in [0, 0.05) is 13.6 Å². The van der Waals surface area contributed by atoms with Gasteiger partial charge in [0.1, 0.15) is 0 Å². The first-order chi connectivity index (χ1) is 10.5. The Morgan fingerprint density at radius 1 is 1.30 bits per heavy atom. The van der Waals surface area contributed by atoms with Crippen LogP contribution in [0.2, 0.25) is 0 Å².